The van der Waals surface area contributed by atoms with Crippen LogP contribution < -0.4 is 10.1 Å². The largest absolute Gasteiger partial charge is 0.497 e. The van der Waals surface area contributed by atoms with Crippen LogP contribution in [0.25, 0.3) is 11.5 Å². The van der Waals surface area contributed by atoms with E-state index in [0.29, 0.717) is 23.2 Å². The zero-order valence-electron chi connectivity index (χ0n) is 14.5. The van der Waals surface area contributed by atoms with Crippen LogP contribution in [-0.2, 0) is 10.5 Å². The molecule has 0 atom stereocenters. The highest BCUT2D eigenvalue weighted by Gasteiger charge is 2.17. The quantitative estimate of drug-likeness (QED) is 0.788. The van der Waals surface area contributed by atoms with Gasteiger partial charge in [-0.1, -0.05) is 12.1 Å². The number of benzene rings is 1. The summed E-state index contributed by atoms with van der Waals surface area (Å²) in [5, 5.41) is 6.95. The number of thioether (sulfide) groups is 1. The van der Waals surface area contributed by atoms with Crippen LogP contribution in [-0.4, -0.2) is 34.4 Å². The van der Waals surface area contributed by atoms with E-state index in [9.17, 15) is 4.79 Å². The molecule has 0 unspecified atom stereocenters. The maximum absolute atomic E-state index is 11.9. The van der Waals surface area contributed by atoms with Crippen molar-refractivity contribution in [2.75, 3.05) is 12.9 Å². The minimum atomic E-state index is -0.175. The zero-order valence-corrected chi connectivity index (χ0v) is 15.3. The van der Waals surface area contributed by atoms with Gasteiger partial charge in [-0.3, -0.25) is 4.79 Å². The van der Waals surface area contributed by atoms with Gasteiger partial charge in [0.05, 0.1) is 18.6 Å². The average Bonchev–Trinajstić information content (AvgIpc) is 3.03. The SMILES string of the molecule is CCC(C)(C)NC(=O)CSCc1noc(-c2ccc(OC)cc2)n1. The van der Waals surface area contributed by atoms with Crippen molar-refractivity contribution in [2.24, 2.45) is 0 Å². The smallest absolute Gasteiger partial charge is 0.257 e. The first-order valence-corrected chi connectivity index (χ1v) is 8.95. The van der Waals surface area contributed by atoms with Crippen LogP contribution in [0.1, 0.15) is 33.0 Å². The monoisotopic (exact) mass is 349 g/mol. The number of carbonyl (C=O) groups is 1. The Labute approximate surface area is 146 Å². The number of aromatic nitrogens is 2. The molecule has 0 aliphatic heterocycles. The molecule has 0 fully saturated rings. The Morgan fingerprint density at radius 3 is 2.67 bits per heavy atom. The minimum absolute atomic E-state index is 0.0192. The summed E-state index contributed by atoms with van der Waals surface area (Å²) in [7, 11) is 1.62. The van der Waals surface area contributed by atoms with E-state index in [4.69, 9.17) is 9.26 Å². The van der Waals surface area contributed by atoms with Crippen LogP contribution in [0.15, 0.2) is 28.8 Å². The number of hydrogen-bond acceptors (Lipinski definition) is 6. The van der Waals surface area contributed by atoms with E-state index in [-0.39, 0.29) is 11.4 Å². The van der Waals surface area contributed by atoms with Gasteiger partial charge in [0.15, 0.2) is 5.82 Å². The molecular weight excluding hydrogens is 326 g/mol. The lowest BCUT2D eigenvalue weighted by Gasteiger charge is -2.24. The molecule has 0 radical (unpaired) electrons. The Morgan fingerprint density at radius 1 is 1.33 bits per heavy atom. The van der Waals surface area contributed by atoms with Gasteiger partial charge in [0.1, 0.15) is 5.75 Å². The molecule has 130 valence electrons. The van der Waals surface area contributed by atoms with Gasteiger partial charge in [-0.2, -0.15) is 4.98 Å². The summed E-state index contributed by atoms with van der Waals surface area (Å²) in [5.41, 5.74) is 0.660. The van der Waals surface area contributed by atoms with Crippen molar-refractivity contribution < 1.29 is 14.1 Å². The van der Waals surface area contributed by atoms with E-state index in [2.05, 4.69) is 15.5 Å². The van der Waals surface area contributed by atoms with Gasteiger partial charge in [0, 0.05) is 11.1 Å². The standard InChI is InChI=1S/C17H23N3O3S/c1-5-17(2,3)19-15(21)11-24-10-14-18-16(23-20-14)12-6-8-13(22-4)9-7-12/h6-9H,5,10-11H2,1-4H3,(H,19,21). The summed E-state index contributed by atoms with van der Waals surface area (Å²) in [6, 6.07) is 7.41. The van der Waals surface area contributed by atoms with Crippen molar-refractivity contribution in [2.45, 2.75) is 38.5 Å². The number of rotatable bonds is 8. The lowest BCUT2D eigenvalue weighted by Crippen LogP contribution is -2.43. The Morgan fingerprint density at radius 2 is 2.04 bits per heavy atom. The van der Waals surface area contributed by atoms with Gasteiger partial charge < -0.3 is 14.6 Å². The molecule has 0 spiro atoms. The molecule has 6 nitrogen and oxygen atoms in total. The van der Waals surface area contributed by atoms with Crippen LogP contribution in [0.3, 0.4) is 0 Å². The van der Waals surface area contributed by atoms with Gasteiger partial charge in [-0.25, -0.2) is 0 Å². The van der Waals surface area contributed by atoms with Crippen molar-refractivity contribution in [3.8, 4) is 17.2 Å². The Hall–Kier alpha value is -2.02. The number of nitrogens with zero attached hydrogens (tertiary/aromatic N) is 2. The van der Waals surface area contributed by atoms with Crippen molar-refractivity contribution in [1.82, 2.24) is 15.5 Å². The molecule has 0 bridgehead atoms. The van der Waals surface area contributed by atoms with Crippen LogP contribution in [0.2, 0.25) is 0 Å². The predicted molar refractivity (Wildman–Crippen MR) is 95.0 cm³/mol. The molecule has 1 aromatic carbocycles. The molecule has 1 heterocycles. The average molecular weight is 349 g/mol. The fourth-order valence-corrected chi connectivity index (χ4v) is 2.56. The molecule has 7 heteroatoms. The van der Waals surface area contributed by atoms with Crippen LogP contribution in [0.4, 0.5) is 0 Å². The van der Waals surface area contributed by atoms with Crippen LogP contribution in [0, 0.1) is 0 Å². The summed E-state index contributed by atoms with van der Waals surface area (Å²) < 4.78 is 10.4. The van der Waals surface area contributed by atoms with Crippen molar-refractivity contribution in [3.05, 3.63) is 30.1 Å². The van der Waals surface area contributed by atoms with Gasteiger partial charge in [-0.05, 0) is 44.5 Å². The summed E-state index contributed by atoms with van der Waals surface area (Å²) in [6.45, 7) is 6.07. The van der Waals surface area contributed by atoms with Gasteiger partial charge in [0.25, 0.3) is 5.89 Å². The third kappa shape index (κ3) is 5.26. The maximum Gasteiger partial charge on any atom is 0.257 e. The maximum atomic E-state index is 11.9. The number of hydrogen-bond donors (Lipinski definition) is 1. The van der Waals surface area contributed by atoms with E-state index in [1.807, 2.05) is 45.0 Å². The molecule has 2 aromatic rings. The molecule has 0 saturated carbocycles. The first kappa shape index (κ1) is 18.3. The molecule has 2 rings (SSSR count). The zero-order chi connectivity index (χ0) is 17.6. The van der Waals surface area contributed by atoms with Crippen molar-refractivity contribution in [3.63, 3.8) is 0 Å². The lowest BCUT2D eigenvalue weighted by atomic mass is 10.0. The summed E-state index contributed by atoms with van der Waals surface area (Å²) in [4.78, 5) is 16.2. The highest BCUT2D eigenvalue weighted by Crippen LogP contribution is 2.21. The van der Waals surface area contributed by atoms with E-state index >= 15 is 0 Å². The molecule has 0 aliphatic carbocycles. The second kappa shape index (κ2) is 8.19. The van der Waals surface area contributed by atoms with Crippen LogP contribution in [0.5, 0.6) is 5.75 Å². The number of amides is 1. The first-order chi connectivity index (χ1) is 11.4. The predicted octanol–water partition coefficient (Wildman–Crippen LogP) is 3.28. The third-order valence-corrected chi connectivity index (χ3v) is 4.56. The highest BCUT2D eigenvalue weighted by atomic mass is 32.2. The van der Waals surface area contributed by atoms with Gasteiger partial charge in [-0.15, -0.1) is 11.8 Å². The molecular formula is C17H23N3O3S. The molecule has 1 amide bonds. The summed E-state index contributed by atoms with van der Waals surface area (Å²) in [6.07, 6.45) is 0.888. The Balaban J connectivity index is 1.84. The van der Waals surface area contributed by atoms with Crippen LogP contribution >= 0.6 is 11.8 Å². The summed E-state index contributed by atoms with van der Waals surface area (Å²) in [5.74, 6) is 2.73. The van der Waals surface area contributed by atoms with E-state index in [1.54, 1.807) is 7.11 Å². The Bertz CT molecular complexity index is 668. The molecule has 0 saturated heterocycles. The minimum Gasteiger partial charge on any atom is -0.497 e. The normalized spacial score (nSPS) is 11.3. The fourth-order valence-electron chi connectivity index (χ4n) is 1.90. The number of nitrogens with one attached hydrogen (secondary N) is 1. The highest BCUT2D eigenvalue weighted by molar-refractivity contribution is 7.99. The topological polar surface area (TPSA) is 77.2 Å². The molecule has 24 heavy (non-hydrogen) atoms. The van der Waals surface area contributed by atoms with Crippen molar-refractivity contribution >= 4 is 17.7 Å². The number of methoxy groups -OCH3 is 1. The number of carbonyl (C=O) groups excluding carboxylic acids is 1. The molecule has 1 aromatic heterocycles. The van der Waals surface area contributed by atoms with E-state index in [1.165, 1.54) is 11.8 Å². The lowest BCUT2D eigenvalue weighted by molar-refractivity contribution is -0.120. The molecule has 1 N–H and O–H groups in total. The Kier molecular flexibility index (Phi) is 6.25. The van der Waals surface area contributed by atoms with E-state index < -0.39 is 0 Å². The summed E-state index contributed by atoms with van der Waals surface area (Å²) >= 11 is 1.46. The first-order valence-electron chi connectivity index (χ1n) is 7.79. The van der Waals surface area contributed by atoms with Gasteiger partial charge >= 0.3 is 0 Å². The van der Waals surface area contributed by atoms with Gasteiger partial charge in [0.2, 0.25) is 5.91 Å². The fraction of sp³-hybridized carbons (Fsp3) is 0.471. The second-order valence-electron chi connectivity index (χ2n) is 6.02. The van der Waals surface area contributed by atoms with Crippen molar-refractivity contribution in [1.29, 1.82) is 0 Å². The number of ether oxygens (including phenoxy) is 1. The second-order valence-corrected chi connectivity index (χ2v) is 7.01. The third-order valence-electron chi connectivity index (χ3n) is 3.63. The van der Waals surface area contributed by atoms with E-state index in [0.717, 1.165) is 17.7 Å². The molecule has 0 aliphatic rings.